The highest BCUT2D eigenvalue weighted by Gasteiger charge is 2.31. The summed E-state index contributed by atoms with van der Waals surface area (Å²) >= 11 is 0. The molecule has 0 fully saturated rings. The first-order valence-electron chi connectivity index (χ1n) is 6.40. The second-order valence-corrected chi connectivity index (χ2v) is 4.61. The van der Waals surface area contributed by atoms with Crippen molar-refractivity contribution in [3.63, 3.8) is 0 Å². The van der Waals surface area contributed by atoms with Gasteiger partial charge in [-0.05, 0) is 24.6 Å². The number of alkyl halides is 3. The Morgan fingerprint density at radius 1 is 1.23 bits per heavy atom. The molecule has 0 aliphatic rings. The highest BCUT2D eigenvalue weighted by Crippen LogP contribution is 2.35. The molecule has 0 radical (unpaired) electrons. The van der Waals surface area contributed by atoms with E-state index in [4.69, 9.17) is 5.11 Å². The van der Waals surface area contributed by atoms with Gasteiger partial charge in [0.15, 0.2) is 0 Å². The zero-order chi connectivity index (χ0) is 16.3. The first-order valence-corrected chi connectivity index (χ1v) is 6.40. The van der Waals surface area contributed by atoms with Gasteiger partial charge in [0.1, 0.15) is 5.75 Å². The van der Waals surface area contributed by atoms with E-state index < -0.39 is 23.0 Å². The Bertz CT molecular complexity index is 726. The number of aliphatic hydroxyl groups excluding tert-OH is 1. The van der Waals surface area contributed by atoms with Crippen LogP contribution in [0.2, 0.25) is 0 Å². The van der Waals surface area contributed by atoms with Gasteiger partial charge in [0.25, 0.3) is 5.56 Å². The summed E-state index contributed by atoms with van der Waals surface area (Å²) in [6.45, 7) is 0.111. The molecule has 0 aliphatic carbocycles. The minimum Gasteiger partial charge on any atom is -0.507 e. The third-order valence-electron chi connectivity index (χ3n) is 3.07. The standard InChI is InChI=1S/C14H13F3N2O3/c15-14(16,17)9-2-3-10(12(21)6-9)11-7-18-8-19(13(11)22)4-1-5-20/h2-3,6-8,20-21H,1,4-5H2. The molecule has 1 aromatic heterocycles. The van der Waals surface area contributed by atoms with Crippen molar-refractivity contribution in [2.75, 3.05) is 6.61 Å². The highest BCUT2D eigenvalue weighted by atomic mass is 19.4. The molecule has 5 nitrogen and oxygen atoms in total. The van der Waals surface area contributed by atoms with Crippen LogP contribution in [-0.4, -0.2) is 26.4 Å². The number of aryl methyl sites for hydroxylation is 1. The lowest BCUT2D eigenvalue weighted by molar-refractivity contribution is -0.137. The van der Waals surface area contributed by atoms with Crippen LogP contribution in [-0.2, 0) is 12.7 Å². The molecule has 0 amide bonds. The summed E-state index contributed by atoms with van der Waals surface area (Å²) in [5.74, 6) is -0.645. The van der Waals surface area contributed by atoms with Crippen LogP contribution in [0, 0.1) is 0 Å². The van der Waals surface area contributed by atoms with Gasteiger partial charge in [-0.3, -0.25) is 9.36 Å². The second kappa shape index (κ2) is 6.18. The van der Waals surface area contributed by atoms with E-state index in [0.29, 0.717) is 12.5 Å². The largest absolute Gasteiger partial charge is 0.507 e. The van der Waals surface area contributed by atoms with Gasteiger partial charge in [0.2, 0.25) is 0 Å². The predicted octanol–water partition coefficient (Wildman–Crippen LogP) is 2.02. The maximum atomic E-state index is 12.6. The topological polar surface area (TPSA) is 75.3 Å². The molecule has 0 saturated carbocycles. The van der Waals surface area contributed by atoms with Crippen molar-refractivity contribution in [3.8, 4) is 16.9 Å². The van der Waals surface area contributed by atoms with Crippen LogP contribution in [0.3, 0.4) is 0 Å². The van der Waals surface area contributed by atoms with E-state index in [1.165, 1.54) is 17.1 Å². The molecule has 1 heterocycles. The summed E-state index contributed by atoms with van der Waals surface area (Å²) in [6.07, 6.45) is -1.79. The van der Waals surface area contributed by atoms with Crippen LogP contribution in [0.25, 0.3) is 11.1 Å². The number of hydrogen-bond donors (Lipinski definition) is 2. The first kappa shape index (κ1) is 16.0. The van der Waals surface area contributed by atoms with Crippen LogP contribution in [0.1, 0.15) is 12.0 Å². The van der Waals surface area contributed by atoms with Crippen LogP contribution in [0.4, 0.5) is 13.2 Å². The fourth-order valence-electron chi connectivity index (χ4n) is 1.97. The lowest BCUT2D eigenvalue weighted by Gasteiger charge is -2.11. The number of aromatic nitrogens is 2. The average molecular weight is 314 g/mol. The van der Waals surface area contributed by atoms with Gasteiger partial charge < -0.3 is 10.2 Å². The Hall–Kier alpha value is -2.35. The molecule has 0 saturated heterocycles. The van der Waals surface area contributed by atoms with E-state index in [9.17, 15) is 23.1 Å². The summed E-state index contributed by atoms with van der Waals surface area (Å²) in [4.78, 5) is 16.1. The first-order chi connectivity index (χ1) is 10.3. The summed E-state index contributed by atoms with van der Waals surface area (Å²) in [7, 11) is 0. The molecule has 118 valence electrons. The summed E-state index contributed by atoms with van der Waals surface area (Å²) in [5.41, 5.74) is -1.53. The number of nitrogens with zero attached hydrogens (tertiary/aromatic N) is 2. The summed E-state index contributed by atoms with van der Waals surface area (Å²) in [5, 5.41) is 18.6. The zero-order valence-electron chi connectivity index (χ0n) is 11.3. The molecule has 0 unspecified atom stereocenters. The lowest BCUT2D eigenvalue weighted by Crippen LogP contribution is -2.22. The van der Waals surface area contributed by atoms with Crippen molar-refractivity contribution in [2.45, 2.75) is 19.1 Å². The molecule has 2 rings (SSSR count). The fraction of sp³-hybridized carbons (Fsp3) is 0.286. The highest BCUT2D eigenvalue weighted by molar-refractivity contribution is 5.69. The van der Waals surface area contributed by atoms with Gasteiger partial charge in [0, 0.05) is 24.9 Å². The Morgan fingerprint density at radius 3 is 2.55 bits per heavy atom. The molecular formula is C14H13F3N2O3. The van der Waals surface area contributed by atoms with E-state index >= 15 is 0 Å². The zero-order valence-corrected chi connectivity index (χ0v) is 11.3. The smallest absolute Gasteiger partial charge is 0.416 e. The van der Waals surface area contributed by atoms with Crippen molar-refractivity contribution in [1.29, 1.82) is 0 Å². The van der Waals surface area contributed by atoms with Crippen molar-refractivity contribution in [2.24, 2.45) is 0 Å². The minimum atomic E-state index is -4.58. The summed E-state index contributed by atoms with van der Waals surface area (Å²) in [6, 6.07) is 2.40. The number of hydrogen-bond acceptors (Lipinski definition) is 4. The van der Waals surface area contributed by atoms with Crippen molar-refractivity contribution >= 4 is 0 Å². The third-order valence-corrected chi connectivity index (χ3v) is 3.07. The molecule has 1 aromatic carbocycles. The molecule has 0 bridgehead atoms. The van der Waals surface area contributed by atoms with E-state index in [0.717, 1.165) is 12.1 Å². The number of halogens is 3. The van der Waals surface area contributed by atoms with Crippen LogP contribution < -0.4 is 5.56 Å². The van der Waals surface area contributed by atoms with Gasteiger partial charge in [0.05, 0.1) is 17.5 Å². The number of aliphatic hydroxyl groups is 1. The molecule has 2 N–H and O–H groups in total. The van der Waals surface area contributed by atoms with E-state index in [2.05, 4.69) is 4.98 Å². The third kappa shape index (κ3) is 3.28. The SMILES string of the molecule is O=c1c(-c2ccc(C(F)(F)F)cc2O)cncn1CCCO. The van der Waals surface area contributed by atoms with E-state index in [1.807, 2.05) is 0 Å². The van der Waals surface area contributed by atoms with E-state index in [1.54, 1.807) is 0 Å². The molecule has 8 heteroatoms. The van der Waals surface area contributed by atoms with E-state index in [-0.39, 0.29) is 24.3 Å². The predicted molar refractivity (Wildman–Crippen MR) is 72.3 cm³/mol. The lowest BCUT2D eigenvalue weighted by atomic mass is 10.0. The maximum absolute atomic E-state index is 12.6. The van der Waals surface area contributed by atoms with Gasteiger partial charge >= 0.3 is 6.18 Å². The molecule has 0 aliphatic heterocycles. The maximum Gasteiger partial charge on any atom is 0.416 e. The average Bonchev–Trinajstić information content (AvgIpc) is 2.45. The molecule has 2 aromatic rings. The van der Waals surface area contributed by atoms with Gasteiger partial charge in [-0.15, -0.1) is 0 Å². The van der Waals surface area contributed by atoms with Crippen molar-refractivity contribution in [3.05, 3.63) is 46.6 Å². The Kier molecular flexibility index (Phi) is 4.51. The minimum absolute atomic E-state index is 0.00772. The number of aromatic hydroxyl groups is 1. The van der Waals surface area contributed by atoms with Crippen LogP contribution >= 0.6 is 0 Å². The quantitative estimate of drug-likeness (QED) is 0.905. The monoisotopic (exact) mass is 314 g/mol. The fourth-order valence-corrected chi connectivity index (χ4v) is 1.97. The number of phenols is 1. The van der Waals surface area contributed by atoms with Gasteiger partial charge in [-0.1, -0.05) is 0 Å². The number of rotatable bonds is 4. The van der Waals surface area contributed by atoms with Gasteiger partial charge in [-0.2, -0.15) is 13.2 Å². The Morgan fingerprint density at radius 2 is 1.95 bits per heavy atom. The van der Waals surface area contributed by atoms with Crippen LogP contribution in [0.15, 0.2) is 35.5 Å². The molecule has 0 atom stereocenters. The molecular weight excluding hydrogens is 301 g/mol. The van der Waals surface area contributed by atoms with Crippen molar-refractivity contribution < 1.29 is 23.4 Å². The summed E-state index contributed by atoms with van der Waals surface area (Å²) < 4.78 is 38.9. The van der Waals surface area contributed by atoms with Crippen molar-refractivity contribution in [1.82, 2.24) is 9.55 Å². The Labute approximate surface area is 123 Å². The molecule has 0 spiro atoms. The van der Waals surface area contributed by atoms with Gasteiger partial charge in [-0.25, -0.2) is 4.98 Å². The number of phenolic OH excluding ortho intramolecular Hbond substituents is 1. The second-order valence-electron chi connectivity index (χ2n) is 4.61. The molecule has 22 heavy (non-hydrogen) atoms. The Balaban J connectivity index is 2.47. The normalized spacial score (nSPS) is 11.6. The van der Waals surface area contributed by atoms with Crippen LogP contribution in [0.5, 0.6) is 5.75 Å². The number of benzene rings is 1.